The van der Waals surface area contributed by atoms with Crippen LogP contribution in [0.3, 0.4) is 0 Å². The zero-order valence-electron chi connectivity index (χ0n) is 10.7. The Morgan fingerprint density at radius 1 is 1.00 bits per heavy atom. The molecular weight excluding hydrogens is 212 g/mol. The third-order valence-corrected chi connectivity index (χ3v) is 5.32. The molecule has 0 radical (unpaired) electrons. The summed E-state index contributed by atoms with van der Waals surface area (Å²) in [6.07, 6.45) is 9.97. The van der Waals surface area contributed by atoms with Crippen LogP contribution in [0.25, 0.3) is 0 Å². The fourth-order valence-electron chi connectivity index (χ4n) is 4.58. The molecule has 3 aliphatic rings. The SMILES string of the molecule is NCC1CCCCC1N1C2CCC1CC(O)C2. The van der Waals surface area contributed by atoms with Crippen LogP contribution in [0.15, 0.2) is 0 Å². The summed E-state index contributed by atoms with van der Waals surface area (Å²) in [6.45, 7) is 0.850. The second-order valence-corrected chi connectivity index (χ2v) is 6.31. The maximum absolute atomic E-state index is 9.88. The molecular formula is C14H26N2O. The van der Waals surface area contributed by atoms with E-state index in [2.05, 4.69) is 4.90 Å². The predicted octanol–water partition coefficient (Wildman–Crippen LogP) is 1.49. The van der Waals surface area contributed by atoms with Crippen molar-refractivity contribution in [2.75, 3.05) is 6.54 Å². The van der Waals surface area contributed by atoms with Gasteiger partial charge in [0.2, 0.25) is 0 Å². The van der Waals surface area contributed by atoms with E-state index in [0.29, 0.717) is 18.0 Å². The monoisotopic (exact) mass is 238 g/mol. The standard InChI is InChI=1S/C14H26N2O/c15-9-10-3-1-2-4-14(10)16-11-5-6-12(16)8-13(17)7-11/h10-14,17H,1-9,15H2. The second-order valence-electron chi connectivity index (χ2n) is 6.31. The van der Waals surface area contributed by atoms with Gasteiger partial charge in [0.05, 0.1) is 6.10 Å². The summed E-state index contributed by atoms with van der Waals surface area (Å²) < 4.78 is 0. The van der Waals surface area contributed by atoms with E-state index in [4.69, 9.17) is 5.73 Å². The average molecular weight is 238 g/mol. The van der Waals surface area contributed by atoms with Crippen LogP contribution in [-0.2, 0) is 0 Å². The number of hydrogen-bond acceptors (Lipinski definition) is 3. The molecule has 0 aromatic carbocycles. The van der Waals surface area contributed by atoms with E-state index in [-0.39, 0.29) is 6.10 Å². The van der Waals surface area contributed by atoms with Crippen LogP contribution < -0.4 is 5.73 Å². The molecule has 2 heterocycles. The Labute approximate surface area is 104 Å². The van der Waals surface area contributed by atoms with E-state index < -0.39 is 0 Å². The predicted molar refractivity (Wildman–Crippen MR) is 68.7 cm³/mol. The molecule has 3 heteroatoms. The zero-order chi connectivity index (χ0) is 11.8. The summed E-state index contributed by atoms with van der Waals surface area (Å²) in [5.74, 6) is 0.710. The molecule has 1 aliphatic carbocycles. The minimum atomic E-state index is -0.0383. The number of piperidine rings is 1. The van der Waals surface area contributed by atoms with E-state index in [1.54, 1.807) is 0 Å². The number of nitrogens with zero attached hydrogens (tertiary/aromatic N) is 1. The quantitative estimate of drug-likeness (QED) is 0.766. The lowest BCUT2D eigenvalue weighted by atomic mass is 9.81. The summed E-state index contributed by atoms with van der Waals surface area (Å²) in [5, 5.41) is 9.88. The van der Waals surface area contributed by atoms with Gasteiger partial charge >= 0.3 is 0 Å². The van der Waals surface area contributed by atoms with E-state index in [0.717, 1.165) is 25.4 Å². The van der Waals surface area contributed by atoms with Gasteiger partial charge in [0.1, 0.15) is 0 Å². The van der Waals surface area contributed by atoms with Crippen LogP contribution in [-0.4, -0.2) is 40.8 Å². The summed E-state index contributed by atoms with van der Waals surface area (Å²) in [4.78, 5) is 2.77. The van der Waals surface area contributed by atoms with Crippen molar-refractivity contribution in [1.29, 1.82) is 0 Å². The Kier molecular flexibility index (Phi) is 3.42. The van der Waals surface area contributed by atoms with Crippen molar-refractivity contribution in [2.45, 2.75) is 75.6 Å². The van der Waals surface area contributed by atoms with Crippen molar-refractivity contribution in [2.24, 2.45) is 11.7 Å². The third kappa shape index (κ3) is 2.13. The van der Waals surface area contributed by atoms with Crippen LogP contribution in [0, 0.1) is 5.92 Å². The number of fused-ring (bicyclic) bond motifs is 2. The van der Waals surface area contributed by atoms with Gasteiger partial charge in [-0.3, -0.25) is 4.90 Å². The van der Waals surface area contributed by atoms with Crippen LogP contribution >= 0.6 is 0 Å². The Hall–Kier alpha value is -0.120. The van der Waals surface area contributed by atoms with Gasteiger partial charge in [-0.15, -0.1) is 0 Å². The highest BCUT2D eigenvalue weighted by Gasteiger charge is 2.45. The van der Waals surface area contributed by atoms with E-state index >= 15 is 0 Å². The average Bonchev–Trinajstić information content (AvgIpc) is 2.61. The van der Waals surface area contributed by atoms with Crippen molar-refractivity contribution in [3.8, 4) is 0 Å². The molecule has 1 saturated carbocycles. The zero-order valence-corrected chi connectivity index (χ0v) is 10.7. The van der Waals surface area contributed by atoms with E-state index in [1.807, 2.05) is 0 Å². The van der Waals surface area contributed by atoms with Gasteiger partial charge in [-0.25, -0.2) is 0 Å². The molecule has 3 fully saturated rings. The molecule has 2 aliphatic heterocycles. The van der Waals surface area contributed by atoms with Gasteiger partial charge < -0.3 is 10.8 Å². The summed E-state index contributed by atoms with van der Waals surface area (Å²) in [7, 11) is 0. The maximum Gasteiger partial charge on any atom is 0.0570 e. The van der Waals surface area contributed by atoms with Gasteiger partial charge in [0.25, 0.3) is 0 Å². The van der Waals surface area contributed by atoms with Crippen molar-refractivity contribution >= 4 is 0 Å². The Bertz CT molecular complexity index is 257. The molecule has 3 N–H and O–H groups in total. The first kappa shape index (κ1) is 11.9. The molecule has 0 amide bonds. The highest BCUT2D eigenvalue weighted by atomic mass is 16.3. The summed E-state index contributed by atoms with van der Waals surface area (Å²) in [5.41, 5.74) is 5.96. The lowest BCUT2D eigenvalue weighted by Crippen LogP contribution is -2.54. The summed E-state index contributed by atoms with van der Waals surface area (Å²) >= 11 is 0. The first-order valence-electron chi connectivity index (χ1n) is 7.45. The molecule has 98 valence electrons. The van der Waals surface area contributed by atoms with Crippen molar-refractivity contribution in [3.05, 3.63) is 0 Å². The lowest BCUT2D eigenvalue weighted by Gasteiger charge is -2.47. The molecule has 4 atom stereocenters. The molecule has 0 aromatic rings. The maximum atomic E-state index is 9.88. The van der Waals surface area contributed by atoms with Crippen LogP contribution in [0.4, 0.5) is 0 Å². The molecule has 3 nitrogen and oxygen atoms in total. The molecule has 3 rings (SSSR count). The minimum Gasteiger partial charge on any atom is -0.393 e. The highest BCUT2D eigenvalue weighted by Crippen LogP contribution is 2.41. The van der Waals surface area contributed by atoms with Crippen molar-refractivity contribution in [1.82, 2.24) is 4.90 Å². The Morgan fingerprint density at radius 2 is 1.65 bits per heavy atom. The molecule has 4 unspecified atom stereocenters. The largest absolute Gasteiger partial charge is 0.393 e. The van der Waals surface area contributed by atoms with Gasteiger partial charge in [0, 0.05) is 18.1 Å². The number of aliphatic hydroxyl groups is 1. The van der Waals surface area contributed by atoms with Gasteiger partial charge in [0.15, 0.2) is 0 Å². The second kappa shape index (κ2) is 4.87. The molecule has 2 bridgehead atoms. The molecule has 17 heavy (non-hydrogen) atoms. The molecule has 0 aromatic heterocycles. The Morgan fingerprint density at radius 3 is 2.29 bits per heavy atom. The van der Waals surface area contributed by atoms with Crippen LogP contribution in [0.5, 0.6) is 0 Å². The number of aliphatic hydroxyl groups excluding tert-OH is 1. The third-order valence-electron chi connectivity index (χ3n) is 5.32. The summed E-state index contributed by atoms with van der Waals surface area (Å²) in [6, 6.07) is 2.03. The first-order valence-corrected chi connectivity index (χ1v) is 7.45. The number of hydrogen-bond donors (Lipinski definition) is 2. The molecule has 0 spiro atoms. The van der Waals surface area contributed by atoms with Crippen molar-refractivity contribution in [3.63, 3.8) is 0 Å². The fourth-order valence-corrected chi connectivity index (χ4v) is 4.58. The van der Waals surface area contributed by atoms with Gasteiger partial charge in [-0.2, -0.15) is 0 Å². The molecule has 2 saturated heterocycles. The number of rotatable bonds is 2. The van der Waals surface area contributed by atoms with Crippen LogP contribution in [0.2, 0.25) is 0 Å². The highest BCUT2D eigenvalue weighted by molar-refractivity contribution is 5.00. The first-order chi connectivity index (χ1) is 8.29. The lowest BCUT2D eigenvalue weighted by molar-refractivity contribution is -0.0157. The van der Waals surface area contributed by atoms with E-state index in [9.17, 15) is 5.11 Å². The normalized spacial score (nSPS) is 47.3. The van der Waals surface area contributed by atoms with E-state index in [1.165, 1.54) is 38.5 Å². The van der Waals surface area contributed by atoms with Gasteiger partial charge in [-0.1, -0.05) is 12.8 Å². The minimum absolute atomic E-state index is 0.0383. The topological polar surface area (TPSA) is 49.5 Å². The smallest absolute Gasteiger partial charge is 0.0570 e. The Balaban J connectivity index is 1.74. The fraction of sp³-hybridized carbons (Fsp3) is 1.00. The number of nitrogens with two attached hydrogens (primary N) is 1. The van der Waals surface area contributed by atoms with Gasteiger partial charge in [-0.05, 0) is 51.0 Å². The van der Waals surface area contributed by atoms with Crippen molar-refractivity contribution < 1.29 is 5.11 Å². The van der Waals surface area contributed by atoms with Crippen LogP contribution in [0.1, 0.15) is 51.4 Å².